The molecule has 0 aliphatic heterocycles. The third kappa shape index (κ3) is 6.02. The fourth-order valence-corrected chi connectivity index (χ4v) is 2.24. The third-order valence-corrected chi connectivity index (χ3v) is 3.67. The van der Waals surface area contributed by atoms with Crippen molar-refractivity contribution >= 4 is 17.6 Å². The fraction of sp³-hybridized carbons (Fsp3) is 0.333. The van der Waals surface area contributed by atoms with Gasteiger partial charge in [0.05, 0.1) is 25.0 Å². The molecule has 0 aliphatic rings. The van der Waals surface area contributed by atoms with Gasteiger partial charge >= 0.3 is 5.97 Å². The number of esters is 1. The van der Waals surface area contributed by atoms with E-state index in [1.165, 1.54) is 14.0 Å². The van der Waals surface area contributed by atoms with Crippen LogP contribution in [0, 0.1) is 5.92 Å². The molecule has 0 radical (unpaired) electrons. The van der Waals surface area contributed by atoms with Gasteiger partial charge in [-0.2, -0.15) is 0 Å². The molecular weight excluding hydrogens is 346 g/mol. The first-order valence-electron chi connectivity index (χ1n) is 8.78. The van der Waals surface area contributed by atoms with Crippen molar-refractivity contribution in [2.45, 2.75) is 26.9 Å². The predicted molar refractivity (Wildman–Crippen MR) is 103 cm³/mol. The van der Waals surface area contributed by atoms with Crippen LogP contribution in [0.5, 0.6) is 11.5 Å². The maximum absolute atomic E-state index is 12.3. The summed E-state index contributed by atoms with van der Waals surface area (Å²) >= 11 is 0. The van der Waals surface area contributed by atoms with Gasteiger partial charge in [0.1, 0.15) is 11.5 Å². The monoisotopic (exact) mass is 371 g/mol. The van der Waals surface area contributed by atoms with Crippen molar-refractivity contribution in [2.24, 2.45) is 5.92 Å². The zero-order valence-electron chi connectivity index (χ0n) is 16.0. The molecule has 0 aliphatic carbocycles. The molecule has 27 heavy (non-hydrogen) atoms. The van der Waals surface area contributed by atoms with Gasteiger partial charge < -0.3 is 19.5 Å². The second-order valence-corrected chi connectivity index (χ2v) is 6.47. The van der Waals surface area contributed by atoms with E-state index >= 15 is 0 Å². The highest BCUT2D eigenvalue weighted by Gasteiger charge is 2.20. The van der Waals surface area contributed by atoms with Gasteiger partial charge in [0.25, 0.3) is 5.91 Å². The van der Waals surface area contributed by atoms with E-state index in [0.717, 1.165) is 0 Å². The Morgan fingerprint density at radius 1 is 1.04 bits per heavy atom. The Morgan fingerprint density at radius 3 is 2.48 bits per heavy atom. The van der Waals surface area contributed by atoms with Crippen LogP contribution < -0.4 is 14.8 Å². The lowest BCUT2D eigenvalue weighted by atomic mass is 10.2. The standard InChI is InChI=1S/C21H25NO5/c1-14(2)13-26-17-9-7-8-16(12-17)21(24)27-15(3)20(23)22-18-10-5-6-11-19(18)25-4/h5-12,14-15H,13H2,1-4H3,(H,22,23)/t15-/m0/s1. The number of carbonyl (C=O) groups is 2. The molecule has 0 fully saturated rings. The average molecular weight is 371 g/mol. The molecule has 144 valence electrons. The van der Waals surface area contributed by atoms with Crippen molar-refractivity contribution in [3.05, 3.63) is 54.1 Å². The number of carbonyl (C=O) groups excluding carboxylic acids is 2. The number of nitrogens with one attached hydrogen (secondary N) is 1. The topological polar surface area (TPSA) is 73.9 Å². The smallest absolute Gasteiger partial charge is 0.339 e. The molecule has 0 saturated heterocycles. The van der Waals surface area contributed by atoms with Gasteiger partial charge in [-0.05, 0) is 43.2 Å². The van der Waals surface area contributed by atoms with Crippen molar-refractivity contribution in [1.82, 2.24) is 0 Å². The molecule has 2 aromatic carbocycles. The highest BCUT2D eigenvalue weighted by atomic mass is 16.5. The molecule has 2 aromatic rings. The van der Waals surface area contributed by atoms with Gasteiger partial charge in [-0.25, -0.2) is 4.79 Å². The molecule has 0 saturated carbocycles. The molecule has 0 unspecified atom stereocenters. The van der Waals surface area contributed by atoms with E-state index in [1.807, 2.05) is 13.8 Å². The van der Waals surface area contributed by atoms with E-state index < -0.39 is 18.0 Å². The number of benzene rings is 2. The summed E-state index contributed by atoms with van der Waals surface area (Å²) < 4.78 is 16.1. The lowest BCUT2D eigenvalue weighted by molar-refractivity contribution is -0.123. The van der Waals surface area contributed by atoms with Crippen LogP contribution in [0.15, 0.2) is 48.5 Å². The van der Waals surface area contributed by atoms with Crippen molar-refractivity contribution in [3.8, 4) is 11.5 Å². The molecule has 6 heteroatoms. The maximum atomic E-state index is 12.3. The molecule has 6 nitrogen and oxygen atoms in total. The second kappa shape index (κ2) is 9.62. The number of amides is 1. The van der Waals surface area contributed by atoms with Crippen LogP contribution in [0.3, 0.4) is 0 Å². The summed E-state index contributed by atoms with van der Waals surface area (Å²) in [6.45, 7) is 6.15. The molecule has 1 amide bonds. The Hall–Kier alpha value is -3.02. The summed E-state index contributed by atoms with van der Waals surface area (Å²) in [5.41, 5.74) is 0.838. The van der Waals surface area contributed by atoms with Crippen LogP contribution >= 0.6 is 0 Å². The zero-order valence-corrected chi connectivity index (χ0v) is 16.0. The van der Waals surface area contributed by atoms with Crippen LogP contribution in [0.4, 0.5) is 5.69 Å². The number of anilines is 1. The van der Waals surface area contributed by atoms with E-state index in [9.17, 15) is 9.59 Å². The Balaban J connectivity index is 1.98. The molecule has 0 spiro atoms. The van der Waals surface area contributed by atoms with Crippen molar-refractivity contribution < 1.29 is 23.8 Å². The molecule has 1 N–H and O–H groups in total. The maximum Gasteiger partial charge on any atom is 0.339 e. The lowest BCUT2D eigenvalue weighted by Crippen LogP contribution is -2.30. The van der Waals surface area contributed by atoms with E-state index in [0.29, 0.717) is 35.3 Å². The van der Waals surface area contributed by atoms with Crippen LogP contribution in [0.25, 0.3) is 0 Å². The molecule has 0 aromatic heterocycles. The second-order valence-electron chi connectivity index (χ2n) is 6.47. The largest absolute Gasteiger partial charge is 0.495 e. The summed E-state index contributed by atoms with van der Waals surface area (Å²) in [6, 6.07) is 13.7. The highest BCUT2D eigenvalue weighted by molar-refractivity contribution is 5.98. The summed E-state index contributed by atoms with van der Waals surface area (Å²) in [4.78, 5) is 24.7. The zero-order chi connectivity index (χ0) is 19.8. The number of hydrogen-bond donors (Lipinski definition) is 1. The van der Waals surface area contributed by atoms with Gasteiger partial charge in [-0.15, -0.1) is 0 Å². The molecule has 1 atom stereocenters. The van der Waals surface area contributed by atoms with Crippen molar-refractivity contribution in [1.29, 1.82) is 0 Å². The van der Waals surface area contributed by atoms with E-state index in [4.69, 9.17) is 14.2 Å². The first-order chi connectivity index (χ1) is 12.9. The normalized spacial score (nSPS) is 11.6. The summed E-state index contributed by atoms with van der Waals surface area (Å²) in [5.74, 6) is 0.454. The first-order valence-corrected chi connectivity index (χ1v) is 8.78. The number of hydrogen-bond acceptors (Lipinski definition) is 5. The Bertz CT molecular complexity index is 788. The number of para-hydroxylation sites is 2. The molecule has 2 rings (SSSR count). The van der Waals surface area contributed by atoms with Gasteiger partial charge in [0.2, 0.25) is 0 Å². The summed E-state index contributed by atoms with van der Waals surface area (Å²) in [5, 5.41) is 2.70. The quantitative estimate of drug-likeness (QED) is 0.712. The minimum absolute atomic E-state index is 0.327. The van der Waals surface area contributed by atoms with Crippen LogP contribution in [0.1, 0.15) is 31.1 Å². The third-order valence-electron chi connectivity index (χ3n) is 3.67. The fourth-order valence-electron chi connectivity index (χ4n) is 2.24. The Labute approximate surface area is 159 Å². The predicted octanol–water partition coefficient (Wildman–Crippen LogP) is 3.91. The SMILES string of the molecule is COc1ccccc1NC(=O)[C@H](C)OC(=O)c1cccc(OCC(C)C)c1. The Kier molecular flexibility index (Phi) is 7.23. The molecule has 0 bridgehead atoms. The van der Waals surface area contributed by atoms with Gasteiger partial charge in [-0.1, -0.05) is 32.0 Å². The number of methoxy groups -OCH3 is 1. The molecular formula is C21H25NO5. The number of rotatable bonds is 8. The van der Waals surface area contributed by atoms with Gasteiger partial charge in [-0.3, -0.25) is 4.79 Å². The van der Waals surface area contributed by atoms with Crippen molar-refractivity contribution in [3.63, 3.8) is 0 Å². The summed E-state index contributed by atoms with van der Waals surface area (Å²) in [7, 11) is 1.52. The minimum atomic E-state index is -0.970. The Morgan fingerprint density at radius 2 is 1.78 bits per heavy atom. The average Bonchev–Trinajstić information content (AvgIpc) is 2.66. The van der Waals surface area contributed by atoms with Gasteiger partial charge in [0, 0.05) is 0 Å². The van der Waals surface area contributed by atoms with Crippen LogP contribution in [0.2, 0.25) is 0 Å². The highest BCUT2D eigenvalue weighted by Crippen LogP contribution is 2.23. The van der Waals surface area contributed by atoms with E-state index in [-0.39, 0.29) is 0 Å². The number of ether oxygens (including phenoxy) is 3. The first kappa shape index (κ1) is 20.3. The van der Waals surface area contributed by atoms with Crippen LogP contribution in [-0.2, 0) is 9.53 Å². The molecule has 0 heterocycles. The van der Waals surface area contributed by atoms with Crippen LogP contribution in [-0.4, -0.2) is 31.7 Å². The lowest BCUT2D eigenvalue weighted by Gasteiger charge is -2.15. The summed E-state index contributed by atoms with van der Waals surface area (Å²) in [6.07, 6.45) is -0.970. The minimum Gasteiger partial charge on any atom is -0.495 e. The van der Waals surface area contributed by atoms with E-state index in [1.54, 1.807) is 48.5 Å². The van der Waals surface area contributed by atoms with Gasteiger partial charge in [0.15, 0.2) is 6.10 Å². The van der Waals surface area contributed by atoms with Crippen molar-refractivity contribution in [2.75, 3.05) is 19.0 Å². The van der Waals surface area contributed by atoms with E-state index in [2.05, 4.69) is 5.32 Å².